The largest absolute Gasteiger partial charge is 0.292 e. The van der Waals surface area contributed by atoms with Gasteiger partial charge in [0, 0.05) is 6.20 Å². The monoisotopic (exact) mass is 131 g/mol. The summed E-state index contributed by atoms with van der Waals surface area (Å²) in [6.45, 7) is 0.456. The van der Waals surface area contributed by atoms with Crippen LogP contribution in [0.25, 0.3) is 0 Å². The lowest BCUT2D eigenvalue weighted by Crippen LogP contribution is -1.83. The fourth-order valence-electron chi connectivity index (χ4n) is 0.605. The van der Waals surface area contributed by atoms with E-state index >= 15 is 0 Å². The van der Waals surface area contributed by atoms with Crippen molar-refractivity contribution in [2.75, 3.05) is 0 Å². The number of nitrogens with zero attached hydrogens (tertiary/aromatic N) is 3. The standard InChI is InChI=1S/C6H6BN3/c7-10-9-5-6-3-1-2-4-8-6/h1-4H,5H2. The Kier molecular flexibility index (Phi) is 2.61. The quantitative estimate of drug-likeness (QED) is 0.437. The summed E-state index contributed by atoms with van der Waals surface area (Å²) < 4.78 is 0. The van der Waals surface area contributed by atoms with Gasteiger partial charge in [0.05, 0.1) is 5.69 Å². The molecule has 0 aliphatic heterocycles. The molecule has 0 atom stereocenters. The number of hydrogen-bond acceptors (Lipinski definition) is 3. The van der Waals surface area contributed by atoms with Gasteiger partial charge in [0.15, 0.2) is 0 Å². The zero-order valence-corrected chi connectivity index (χ0v) is 5.44. The van der Waals surface area contributed by atoms with Crippen LogP contribution in [-0.2, 0) is 6.54 Å². The third kappa shape index (κ3) is 1.97. The van der Waals surface area contributed by atoms with Crippen LogP contribution < -0.4 is 0 Å². The van der Waals surface area contributed by atoms with Gasteiger partial charge in [-0.3, -0.25) is 10.0 Å². The van der Waals surface area contributed by atoms with Crippen molar-refractivity contribution in [1.29, 1.82) is 0 Å². The maximum atomic E-state index is 4.81. The van der Waals surface area contributed by atoms with Gasteiger partial charge in [0.2, 0.25) is 0 Å². The van der Waals surface area contributed by atoms with Crippen molar-refractivity contribution in [1.82, 2.24) is 4.98 Å². The third-order valence-corrected chi connectivity index (χ3v) is 1.04. The van der Waals surface area contributed by atoms with Crippen molar-refractivity contribution in [3.05, 3.63) is 30.1 Å². The second kappa shape index (κ2) is 3.77. The van der Waals surface area contributed by atoms with Gasteiger partial charge in [-0.15, -0.1) is 0 Å². The molecule has 0 aliphatic carbocycles. The Morgan fingerprint density at radius 3 is 3.00 bits per heavy atom. The highest BCUT2D eigenvalue weighted by Crippen LogP contribution is 1.94. The van der Waals surface area contributed by atoms with Crippen molar-refractivity contribution < 1.29 is 0 Å². The van der Waals surface area contributed by atoms with E-state index in [9.17, 15) is 0 Å². The molecule has 0 spiro atoms. The molecule has 0 amide bonds. The first-order valence-electron chi connectivity index (χ1n) is 2.90. The second-order valence-corrected chi connectivity index (χ2v) is 1.74. The van der Waals surface area contributed by atoms with Crippen LogP contribution >= 0.6 is 0 Å². The Morgan fingerprint density at radius 2 is 2.40 bits per heavy atom. The molecule has 48 valence electrons. The van der Waals surface area contributed by atoms with Gasteiger partial charge < -0.3 is 0 Å². The van der Waals surface area contributed by atoms with Crippen molar-refractivity contribution >= 4 is 7.98 Å². The smallest absolute Gasteiger partial charge is 0.273 e. The van der Waals surface area contributed by atoms with Crippen LogP contribution in [0.1, 0.15) is 5.69 Å². The molecule has 1 rings (SSSR count). The van der Waals surface area contributed by atoms with Crippen LogP contribution in [0.15, 0.2) is 34.5 Å². The lowest BCUT2D eigenvalue weighted by atomic mass is 10.4. The zero-order chi connectivity index (χ0) is 7.23. The molecule has 10 heavy (non-hydrogen) atoms. The van der Waals surface area contributed by atoms with Crippen LogP contribution in [0, 0.1) is 0 Å². The maximum absolute atomic E-state index is 4.81. The van der Waals surface area contributed by atoms with Crippen molar-refractivity contribution in [2.45, 2.75) is 6.54 Å². The topological polar surface area (TPSA) is 37.6 Å². The zero-order valence-electron chi connectivity index (χ0n) is 5.44. The normalized spacial score (nSPS) is 10.4. The Bertz CT molecular complexity index is 209. The fraction of sp³-hybridized carbons (Fsp3) is 0.167. The van der Waals surface area contributed by atoms with E-state index in [1.54, 1.807) is 6.20 Å². The molecule has 0 N–H and O–H groups in total. The van der Waals surface area contributed by atoms with Crippen LogP contribution in [0.4, 0.5) is 0 Å². The first-order chi connectivity index (χ1) is 4.93. The van der Waals surface area contributed by atoms with Gasteiger partial charge in [-0.1, -0.05) is 6.07 Å². The Balaban J connectivity index is 2.59. The highest BCUT2D eigenvalue weighted by atomic mass is 15.0. The van der Waals surface area contributed by atoms with Gasteiger partial charge in [-0.05, 0) is 12.1 Å². The summed E-state index contributed by atoms with van der Waals surface area (Å²) in [4.78, 5) is 4.01. The van der Waals surface area contributed by atoms with Gasteiger partial charge in [0.25, 0.3) is 7.98 Å². The van der Waals surface area contributed by atoms with Crippen LogP contribution in [-0.4, -0.2) is 13.0 Å². The third-order valence-electron chi connectivity index (χ3n) is 1.04. The Labute approximate surface area is 60.6 Å². The lowest BCUT2D eigenvalue weighted by Gasteiger charge is -1.90. The molecule has 1 aromatic rings. The number of pyridine rings is 1. The Hall–Kier alpha value is -1.19. The molecule has 0 unspecified atom stereocenters. The highest BCUT2D eigenvalue weighted by Gasteiger charge is 1.86. The fourth-order valence-corrected chi connectivity index (χ4v) is 0.605. The molecule has 0 aromatic carbocycles. The summed E-state index contributed by atoms with van der Waals surface area (Å²) in [5.74, 6) is 0. The predicted molar refractivity (Wildman–Crippen MR) is 38.6 cm³/mol. The summed E-state index contributed by atoms with van der Waals surface area (Å²) in [6, 6.07) is 5.62. The van der Waals surface area contributed by atoms with Crippen LogP contribution in [0.5, 0.6) is 0 Å². The summed E-state index contributed by atoms with van der Waals surface area (Å²) >= 11 is 0. The van der Waals surface area contributed by atoms with E-state index < -0.39 is 0 Å². The highest BCUT2D eigenvalue weighted by molar-refractivity contribution is 6.04. The molecule has 0 aliphatic rings. The minimum absolute atomic E-state index is 0.456. The Morgan fingerprint density at radius 1 is 1.50 bits per heavy atom. The van der Waals surface area contributed by atoms with E-state index in [0.717, 1.165) is 5.69 Å². The van der Waals surface area contributed by atoms with E-state index in [1.165, 1.54) is 0 Å². The molecule has 0 fully saturated rings. The van der Waals surface area contributed by atoms with E-state index in [2.05, 4.69) is 15.1 Å². The summed E-state index contributed by atoms with van der Waals surface area (Å²) in [5.41, 5.74) is 0.872. The SMILES string of the molecule is [B]N=NCc1ccccn1. The molecule has 3 nitrogen and oxygen atoms in total. The van der Waals surface area contributed by atoms with Gasteiger partial charge in [-0.2, -0.15) is 0 Å². The van der Waals surface area contributed by atoms with Gasteiger partial charge in [0.1, 0.15) is 6.54 Å². The molecular formula is C6H6BN3. The molecular weight excluding hydrogens is 125 g/mol. The molecule has 0 bridgehead atoms. The van der Waals surface area contributed by atoms with Gasteiger partial charge >= 0.3 is 0 Å². The molecule has 1 heterocycles. The number of rotatable bonds is 2. The van der Waals surface area contributed by atoms with E-state index in [4.69, 9.17) is 7.98 Å². The predicted octanol–water partition coefficient (Wildman–Crippen LogP) is 1.12. The average molecular weight is 131 g/mol. The van der Waals surface area contributed by atoms with Crippen molar-refractivity contribution in [2.24, 2.45) is 10.1 Å². The summed E-state index contributed by atoms with van der Waals surface area (Å²) in [7, 11) is 4.81. The molecule has 0 saturated carbocycles. The van der Waals surface area contributed by atoms with E-state index in [0.29, 0.717) is 6.54 Å². The number of hydrogen-bond donors (Lipinski definition) is 0. The molecule has 2 radical (unpaired) electrons. The van der Waals surface area contributed by atoms with E-state index in [-0.39, 0.29) is 0 Å². The lowest BCUT2D eigenvalue weighted by molar-refractivity contribution is 0.933. The van der Waals surface area contributed by atoms with Crippen LogP contribution in [0.2, 0.25) is 0 Å². The van der Waals surface area contributed by atoms with E-state index in [1.807, 2.05) is 18.2 Å². The summed E-state index contributed by atoms with van der Waals surface area (Å²) in [5, 5.41) is 6.70. The van der Waals surface area contributed by atoms with Gasteiger partial charge in [-0.25, -0.2) is 5.11 Å². The first-order valence-corrected chi connectivity index (χ1v) is 2.90. The minimum atomic E-state index is 0.456. The summed E-state index contributed by atoms with van der Waals surface area (Å²) in [6.07, 6.45) is 1.71. The van der Waals surface area contributed by atoms with Crippen molar-refractivity contribution in [3.63, 3.8) is 0 Å². The molecule has 4 heteroatoms. The van der Waals surface area contributed by atoms with Crippen LogP contribution in [0.3, 0.4) is 0 Å². The minimum Gasteiger partial charge on any atom is -0.273 e. The van der Waals surface area contributed by atoms with Crippen molar-refractivity contribution in [3.8, 4) is 0 Å². The first kappa shape index (κ1) is 6.93. The number of aromatic nitrogens is 1. The molecule has 0 saturated heterocycles. The second-order valence-electron chi connectivity index (χ2n) is 1.74. The average Bonchev–Trinajstić information content (AvgIpc) is 2.03. The maximum Gasteiger partial charge on any atom is 0.292 e. The molecule has 1 aromatic heterocycles.